The number of rotatable bonds is 6. The first-order chi connectivity index (χ1) is 19.7. The third-order valence-electron chi connectivity index (χ3n) is 7.72. The summed E-state index contributed by atoms with van der Waals surface area (Å²) < 4.78 is 7.43. The van der Waals surface area contributed by atoms with Crippen LogP contribution in [0, 0.1) is 5.41 Å². The summed E-state index contributed by atoms with van der Waals surface area (Å²) in [5, 5.41) is 19.0. The van der Waals surface area contributed by atoms with Gasteiger partial charge in [0.25, 0.3) is 5.91 Å². The minimum Gasteiger partial charge on any atom is -0.380 e. The first kappa shape index (κ1) is 27.2. The topological polar surface area (TPSA) is 134 Å². The van der Waals surface area contributed by atoms with Crippen LogP contribution >= 0.6 is 0 Å². The van der Waals surface area contributed by atoms with Crippen LogP contribution in [0.1, 0.15) is 50.8 Å². The number of aryl methyl sites for hydroxylation is 1. The number of carbonyl (C=O) groups is 1. The fourth-order valence-electron chi connectivity index (χ4n) is 5.43. The van der Waals surface area contributed by atoms with E-state index in [1.807, 2.05) is 40.1 Å². The van der Waals surface area contributed by atoms with Gasteiger partial charge in [0.05, 0.1) is 30.2 Å². The number of anilines is 2. The molecule has 3 aromatic rings. The molecule has 1 fully saturated rings. The van der Waals surface area contributed by atoms with Gasteiger partial charge >= 0.3 is 0 Å². The molecule has 0 saturated carbocycles. The number of azo groups is 1. The molecule has 0 aliphatic carbocycles. The maximum atomic E-state index is 13.3. The number of fused-ring (bicyclic) bond motifs is 1. The molecule has 3 aliphatic heterocycles. The van der Waals surface area contributed by atoms with E-state index < -0.39 is 0 Å². The molecular formula is C29H36N10O2. The van der Waals surface area contributed by atoms with Gasteiger partial charge in [-0.1, -0.05) is 32.9 Å². The van der Waals surface area contributed by atoms with Gasteiger partial charge in [0.2, 0.25) is 11.8 Å². The van der Waals surface area contributed by atoms with Gasteiger partial charge in [0.1, 0.15) is 0 Å². The second-order valence-corrected chi connectivity index (χ2v) is 11.9. The Kier molecular flexibility index (Phi) is 7.35. The van der Waals surface area contributed by atoms with Crippen LogP contribution < -0.4 is 10.6 Å². The highest BCUT2D eigenvalue weighted by atomic mass is 16.5. The molecule has 0 spiro atoms. The lowest BCUT2D eigenvalue weighted by Gasteiger charge is -2.26. The Balaban J connectivity index is 1.27. The number of aliphatic imine (C=N–C) groups is 1. The number of aromatic nitrogens is 4. The number of hydrogen-bond donors (Lipinski definition) is 2. The highest BCUT2D eigenvalue weighted by Crippen LogP contribution is 2.33. The molecule has 12 heteroatoms. The molecule has 0 bridgehead atoms. The van der Waals surface area contributed by atoms with Gasteiger partial charge in [-0.15, -0.1) is 5.11 Å². The molecule has 6 rings (SSSR count). The molecule has 3 aliphatic rings. The van der Waals surface area contributed by atoms with Crippen LogP contribution in [0.25, 0.3) is 11.3 Å². The van der Waals surface area contributed by atoms with E-state index in [9.17, 15) is 4.79 Å². The maximum absolute atomic E-state index is 13.3. The zero-order chi connectivity index (χ0) is 28.6. The first-order valence-electron chi connectivity index (χ1n) is 14.1. The van der Waals surface area contributed by atoms with Gasteiger partial charge in [-0.05, 0) is 36.1 Å². The van der Waals surface area contributed by atoms with Crippen LogP contribution in [0.3, 0.4) is 0 Å². The molecule has 3 atom stereocenters. The van der Waals surface area contributed by atoms with Crippen LogP contribution in [0.15, 0.2) is 58.1 Å². The van der Waals surface area contributed by atoms with Crippen LogP contribution in [0.4, 0.5) is 11.6 Å². The number of nitrogens with zero attached hydrogens (tertiary/aromatic N) is 8. The maximum Gasteiger partial charge on any atom is 0.291 e. The van der Waals surface area contributed by atoms with Gasteiger partial charge in [0, 0.05) is 56.2 Å². The van der Waals surface area contributed by atoms with E-state index in [1.165, 1.54) is 0 Å². The lowest BCUT2D eigenvalue weighted by Crippen LogP contribution is -2.37. The van der Waals surface area contributed by atoms with Gasteiger partial charge in [-0.3, -0.25) is 14.4 Å². The summed E-state index contributed by atoms with van der Waals surface area (Å²) in [5.41, 5.74) is 4.66. The second-order valence-electron chi connectivity index (χ2n) is 11.9. The molecule has 0 radical (unpaired) electrons. The molecule has 2 N–H and O–H groups in total. The largest absolute Gasteiger partial charge is 0.380 e. The first-order valence-corrected chi connectivity index (χ1v) is 14.1. The summed E-state index contributed by atoms with van der Waals surface area (Å²) in [6.07, 6.45) is 6.78. The van der Waals surface area contributed by atoms with E-state index >= 15 is 0 Å². The highest BCUT2D eigenvalue weighted by molar-refractivity contribution is 6.38. The number of hydrogen-bond acceptors (Lipinski definition) is 10. The minimum absolute atomic E-state index is 0.142. The van der Waals surface area contributed by atoms with E-state index in [0.717, 1.165) is 67.2 Å². The zero-order valence-corrected chi connectivity index (χ0v) is 23.9. The third kappa shape index (κ3) is 6.03. The van der Waals surface area contributed by atoms with Crippen LogP contribution in [-0.2, 0) is 23.1 Å². The van der Waals surface area contributed by atoms with Crippen molar-refractivity contribution in [1.82, 2.24) is 30.0 Å². The number of carbonyl (C=O) groups excluding carboxylic acids is 1. The Morgan fingerprint density at radius 1 is 1.17 bits per heavy atom. The second kappa shape index (κ2) is 11.1. The van der Waals surface area contributed by atoms with Crippen molar-refractivity contribution < 1.29 is 9.53 Å². The van der Waals surface area contributed by atoms with Crippen molar-refractivity contribution in [3.8, 4) is 11.3 Å². The Labute approximate surface area is 239 Å². The van der Waals surface area contributed by atoms with Crippen molar-refractivity contribution in [2.75, 3.05) is 25.1 Å². The van der Waals surface area contributed by atoms with E-state index in [2.05, 4.69) is 59.0 Å². The molecule has 1 amide bonds. The Bertz CT molecular complexity index is 1480. The molecule has 1 aromatic carbocycles. The fourth-order valence-corrected chi connectivity index (χ4v) is 5.43. The molecule has 2 aromatic heterocycles. The molecule has 2 unspecified atom stereocenters. The third-order valence-corrected chi connectivity index (χ3v) is 7.72. The van der Waals surface area contributed by atoms with Crippen molar-refractivity contribution in [2.45, 2.75) is 58.4 Å². The number of amides is 1. The Morgan fingerprint density at radius 3 is 2.78 bits per heavy atom. The van der Waals surface area contributed by atoms with Crippen molar-refractivity contribution in [3.05, 3.63) is 54.0 Å². The molecular weight excluding hydrogens is 520 g/mol. The summed E-state index contributed by atoms with van der Waals surface area (Å²) in [4.78, 5) is 29.4. The Morgan fingerprint density at radius 2 is 2.05 bits per heavy atom. The molecule has 12 nitrogen and oxygen atoms in total. The summed E-state index contributed by atoms with van der Waals surface area (Å²) in [5.74, 6) is 0.350. The van der Waals surface area contributed by atoms with Gasteiger partial charge in [-0.2, -0.15) is 10.2 Å². The standard InChI is InChI=1S/C29H36N10O2/c1-29(2,3)27-35-25(36-37-27)26(40)33-24-8-11-39(21-9-12-41-17-21)15-19-13-18(5-6-22(19)24)23-7-10-30-28(34-23)32-20-14-31-38(4)16-20/h5-7,10,13-14,16,21,24,27H,8-9,11-12,15,17H2,1-4H3,(H,33,40)(H,30,32,34)/t21?,24-,27?/m1/s1. The predicted octanol–water partition coefficient (Wildman–Crippen LogP) is 4.01. The lowest BCUT2D eigenvalue weighted by molar-refractivity contribution is -0.115. The summed E-state index contributed by atoms with van der Waals surface area (Å²) in [7, 11) is 1.86. The SMILES string of the molecule is Cn1cc(Nc2nccc(-c3ccc4c(c3)CN(C3CCOC3)CC[C@H]4NC(=O)C3=NC(C(C)(C)C)N=N3)n2)cn1. The van der Waals surface area contributed by atoms with E-state index in [0.29, 0.717) is 12.0 Å². The smallest absolute Gasteiger partial charge is 0.291 e. The number of nitrogens with one attached hydrogen (secondary N) is 2. The summed E-state index contributed by atoms with van der Waals surface area (Å²) in [6.45, 7) is 9.23. The van der Waals surface area contributed by atoms with Crippen LogP contribution in [0.5, 0.6) is 0 Å². The quantitative estimate of drug-likeness (QED) is 0.468. The van der Waals surface area contributed by atoms with Crippen molar-refractivity contribution in [3.63, 3.8) is 0 Å². The Hall–Kier alpha value is -4.03. The lowest BCUT2D eigenvalue weighted by atomic mass is 9.93. The van der Waals surface area contributed by atoms with Gasteiger partial charge in [0.15, 0.2) is 6.17 Å². The van der Waals surface area contributed by atoms with E-state index in [1.54, 1.807) is 17.1 Å². The van der Waals surface area contributed by atoms with Crippen LogP contribution in [-0.4, -0.2) is 68.4 Å². The minimum atomic E-state index is -0.351. The van der Waals surface area contributed by atoms with E-state index in [-0.39, 0.29) is 29.4 Å². The summed E-state index contributed by atoms with van der Waals surface area (Å²) in [6, 6.07) is 8.43. The average Bonchev–Trinajstić information content (AvgIpc) is 3.71. The monoisotopic (exact) mass is 556 g/mol. The van der Waals surface area contributed by atoms with Crippen molar-refractivity contribution in [1.29, 1.82) is 0 Å². The summed E-state index contributed by atoms with van der Waals surface area (Å²) >= 11 is 0. The van der Waals surface area contributed by atoms with Crippen molar-refractivity contribution >= 4 is 23.4 Å². The number of amidine groups is 1. The van der Waals surface area contributed by atoms with E-state index in [4.69, 9.17) is 9.72 Å². The molecule has 5 heterocycles. The normalized spacial score (nSPS) is 22.7. The van der Waals surface area contributed by atoms with Crippen molar-refractivity contribution in [2.24, 2.45) is 27.7 Å². The molecule has 214 valence electrons. The number of benzene rings is 1. The molecule has 41 heavy (non-hydrogen) atoms. The predicted molar refractivity (Wildman–Crippen MR) is 155 cm³/mol. The highest BCUT2D eigenvalue weighted by Gasteiger charge is 2.33. The van der Waals surface area contributed by atoms with Crippen LogP contribution in [0.2, 0.25) is 0 Å². The van der Waals surface area contributed by atoms with Gasteiger partial charge < -0.3 is 15.4 Å². The zero-order valence-electron chi connectivity index (χ0n) is 23.9. The fraction of sp³-hybridized carbons (Fsp3) is 0.483. The average molecular weight is 557 g/mol. The number of ether oxygens (including phenoxy) is 1. The molecule has 1 saturated heterocycles. The van der Waals surface area contributed by atoms with Gasteiger partial charge in [-0.25, -0.2) is 15.0 Å².